The molecule has 0 saturated carbocycles. The average Bonchev–Trinajstić information content (AvgIpc) is 2.58. The van der Waals surface area contributed by atoms with Crippen LogP contribution in [0, 0.1) is 5.82 Å². The van der Waals surface area contributed by atoms with Crippen LogP contribution in [0.15, 0.2) is 54.6 Å². The molecule has 3 rings (SSSR count). The number of likely N-dealkylation sites (tertiary alicyclic amines) is 1. The molecule has 0 aliphatic carbocycles. The van der Waals surface area contributed by atoms with E-state index in [1.165, 1.54) is 6.07 Å². The summed E-state index contributed by atoms with van der Waals surface area (Å²) in [4.78, 5) is 14.2. The Labute approximate surface area is 135 Å². The predicted molar refractivity (Wildman–Crippen MR) is 86.6 cm³/mol. The Morgan fingerprint density at radius 3 is 2.30 bits per heavy atom. The van der Waals surface area contributed by atoms with Gasteiger partial charge in [-0.05, 0) is 36.6 Å². The second kappa shape index (κ2) is 6.50. The van der Waals surface area contributed by atoms with Crippen LogP contribution in [0.25, 0.3) is 0 Å². The lowest BCUT2D eigenvalue weighted by Gasteiger charge is -2.38. The van der Waals surface area contributed by atoms with E-state index in [2.05, 4.69) is 0 Å². The highest BCUT2D eigenvalue weighted by atomic mass is 19.1. The number of rotatable bonds is 3. The number of carbonyl (C=O) groups is 1. The number of nitrogens with zero attached hydrogens (tertiary/aromatic N) is 1. The summed E-state index contributed by atoms with van der Waals surface area (Å²) < 4.78 is 13.8. The van der Waals surface area contributed by atoms with Crippen molar-refractivity contribution in [2.75, 3.05) is 13.1 Å². The summed E-state index contributed by atoms with van der Waals surface area (Å²) in [6.07, 6.45) is 1.20. The molecule has 1 N–H and O–H groups in total. The quantitative estimate of drug-likeness (QED) is 0.946. The first-order valence-electron chi connectivity index (χ1n) is 7.88. The Balaban J connectivity index is 1.64. The summed E-state index contributed by atoms with van der Waals surface area (Å²) in [6.45, 7) is 0.970. The molecule has 0 aromatic heterocycles. The van der Waals surface area contributed by atoms with Gasteiger partial charge in [0.15, 0.2) is 0 Å². The number of hydrogen-bond donors (Lipinski definition) is 1. The van der Waals surface area contributed by atoms with Crippen LogP contribution in [0.2, 0.25) is 0 Å². The zero-order valence-corrected chi connectivity index (χ0v) is 12.9. The van der Waals surface area contributed by atoms with Crippen molar-refractivity contribution in [3.63, 3.8) is 0 Å². The van der Waals surface area contributed by atoms with Crippen LogP contribution in [0.4, 0.5) is 4.39 Å². The van der Waals surface area contributed by atoms with Crippen LogP contribution >= 0.6 is 0 Å². The van der Waals surface area contributed by atoms with E-state index in [-0.39, 0.29) is 18.1 Å². The lowest BCUT2D eigenvalue weighted by atomic mass is 9.85. The Bertz CT molecular complexity index is 679. The summed E-state index contributed by atoms with van der Waals surface area (Å²) in [6, 6.07) is 15.7. The van der Waals surface area contributed by atoms with Crippen molar-refractivity contribution in [3.8, 4) is 0 Å². The molecule has 23 heavy (non-hydrogen) atoms. The molecule has 0 atom stereocenters. The van der Waals surface area contributed by atoms with Crippen LogP contribution in [-0.4, -0.2) is 34.6 Å². The molecule has 2 aromatic carbocycles. The lowest BCUT2D eigenvalue weighted by Crippen LogP contribution is -2.47. The highest BCUT2D eigenvalue weighted by Gasteiger charge is 2.34. The van der Waals surface area contributed by atoms with Gasteiger partial charge in [-0.2, -0.15) is 0 Å². The van der Waals surface area contributed by atoms with E-state index in [1.807, 2.05) is 18.2 Å². The van der Waals surface area contributed by atoms with Gasteiger partial charge < -0.3 is 10.0 Å². The summed E-state index contributed by atoms with van der Waals surface area (Å²) in [5, 5.41) is 10.7. The van der Waals surface area contributed by atoms with Crippen molar-refractivity contribution < 1.29 is 14.3 Å². The fourth-order valence-corrected chi connectivity index (χ4v) is 3.06. The number of carbonyl (C=O) groups excluding carboxylic acids is 1. The summed E-state index contributed by atoms with van der Waals surface area (Å²) >= 11 is 0. The van der Waals surface area contributed by atoms with Gasteiger partial charge in [0, 0.05) is 25.1 Å². The van der Waals surface area contributed by atoms with Gasteiger partial charge in [0.25, 0.3) is 5.91 Å². The molecule has 0 unspecified atom stereocenters. The second-order valence-electron chi connectivity index (χ2n) is 6.15. The summed E-state index contributed by atoms with van der Waals surface area (Å²) in [5.74, 6) is -0.303. The smallest absolute Gasteiger partial charge is 0.253 e. The molecule has 1 aliphatic rings. The Morgan fingerprint density at radius 2 is 1.65 bits per heavy atom. The van der Waals surface area contributed by atoms with Crippen molar-refractivity contribution in [2.24, 2.45) is 0 Å². The summed E-state index contributed by atoms with van der Waals surface area (Å²) in [5.41, 5.74) is 0.236. The number of hydrogen-bond acceptors (Lipinski definition) is 2. The third-order valence-electron chi connectivity index (χ3n) is 4.48. The zero-order chi connectivity index (χ0) is 16.3. The number of aliphatic hydroxyl groups is 1. The maximum absolute atomic E-state index is 13.8. The summed E-state index contributed by atoms with van der Waals surface area (Å²) in [7, 11) is 0. The fraction of sp³-hybridized carbons (Fsp3) is 0.316. The second-order valence-corrected chi connectivity index (χ2v) is 6.15. The van der Waals surface area contributed by atoms with Gasteiger partial charge in [-0.25, -0.2) is 4.39 Å². The minimum atomic E-state index is -0.949. The highest BCUT2D eigenvalue weighted by Crippen LogP contribution is 2.28. The third kappa shape index (κ3) is 3.59. The molecule has 4 heteroatoms. The van der Waals surface area contributed by atoms with E-state index < -0.39 is 5.60 Å². The van der Waals surface area contributed by atoms with Gasteiger partial charge in [-0.15, -0.1) is 0 Å². The normalized spacial score (nSPS) is 17.0. The molecule has 0 bridgehead atoms. The largest absolute Gasteiger partial charge is 0.389 e. The first-order chi connectivity index (χ1) is 11.1. The zero-order valence-electron chi connectivity index (χ0n) is 12.9. The standard InChI is InChI=1S/C19H20FNO2/c20-17-9-5-4-8-16(17)14-19(23)10-12-21(13-11-19)18(22)15-6-2-1-3-7-15/h1-9,23H,10-14H2. The maximum atomic E-state index is 13.8. The molecule has 3 nitrogen and oxygen atoms in total. The lowest BCUT2D eigenvalue weighted by molar-refractivity contribution is -0.0167. The number of halogens is 1. The Morgan fingerprint density at radius 1 is 1.04 bits per heavy atom. The molecule has 1 saturated heterocycles. The van der Waals surface area contributed by atoms with Crippen molar-refractivity contribution in [2.45, 2.75) is 24.9 Å². The van der Waals surface area contributed by atoms with Crippen LogP contribution in [0.5, 0.6) is 0 Å². The number of benzene rings is 2. The average molecular weight is 313 g/mol. The fourth-order valence-electron chi connectivity index (χ4n) is 3.06. The molecular weight excluding hydrogens is 293 g/mol. The van der Waals surface area contributed by atoms with Crippen molar-refractivity contribution in [1.82, 2.24) is 4.90 Å². The molecule has 1 aliphatic heterocycles. The third-order valence-corrected chi connectivity index (χ3v) is 4.48. The molecule has 1 amide bonds. The topological polar surface area (TPSA) is 40.5 Å². The Kier molecular flexibility index (Phi) is 4.44. The molecule has 1 heterocycles. The SMILES string of the molecule is O=C(c1ccccc1)N1CCC(O)(Cc2ccccc2F)CC1. The maximum Gasteiger partial charge on any atom is 0.253 e. The van der Waals surface area contributed by atoms with E-state index in [1.54, 1.807) is 35.2 Å². The van der Waals surface area contributed by atoms with Gasteiger partial charge in [0.05, 0.1) is 5.60 Å². The molecular formula is C19H20FNO2. The first kappa shape index (κ1) is 15.7. The van der Waals surface area contributed by atoms with Crippen molar-refractivity contribution in [1.29, 1.82) is 0 Å². The first-order valence-corrected chi connectivity index (χ1v) is 7.88. The van der Waals surface area contributed by atoms with Gasteiger partial charge in [-0.3, -0.25) is 4.79 Å². The van der Waals surface area contributed by atoms with Crippen LogP contribution in [0.1, 0.15) is 28.8 Å². The Hall–Kier alpha value is -2.20. The molecule has 1 fully saturated rings. The van der Waals surface area contributed by atoms with Crippen LogP contribution < -0.4 is 0 Å². The van der Waals surface area contributed by atoms with Gasteiger partial charge >= 0.3 is 0 Å². The number of piperidine rings is 1. The van der Waals surface area contributed by atoms with Crippen molar-refractivity contribution in [3.05, 3.63) is 71.5 Å². The van der Waals surface area contributed by atoms with E-state index in [4.69, 9.17) is 0 Å². The van der Waals surface area contributed by atoms with Crippen LogP contribution in [-0.2, 0) is 6.42 Å². The highest BCUT2D eigenvalue weighted by molar-refractivity contribution is 5.94. The minimum absolute atomic E-state index is 0.0152. The molecule has 0 radical (unpaired) electrons. The molecule has 120 valence electrons. The van der Waals surface area contributed by atoms with E-state index >= 15 is 0 Å². The van der Waals surface area contributed by atoms with Gasteiger partial charge in [0.1, 0.15) is 5.82 Å². The van der Waals surface area contributed by atoms with Gasteiger partial charge in [0.2, 0.25) is 0 Å². The molecule has 0 spiro atoms. The van der Waals surface area contributed by atoms with E-state index in [0.29, 0.717) is 37.1 Å². The van der Waals surface area contributed by atoms with E-state index in [0.717, 1.165) is 0 Å². The van der Waals surface area contributed by atoms with Gasteiger partial charge in [-0.1, -0.05) is 36.4 Å². The minimum Gasteiger partial charge on any atom is -0.389 e. The van der Waals surface area contributed by atoms with E-state index in [9.17, 15) is 14.3 Å². The number of amides is 1. The van der Waals surface area contributed by atoms with Crippen LogP contribution in [0.3, 0.4) is 0 Å². The predicted octanol–water partition coefficient (Wildman–Crippen LogP) is 3.04. The molecule has 2 aromatic rings. The van der Waals surface area contributed by atoms with Crippen molar-refractivity contribution >= 4 is 5.91 Å². The monoisotopic (exact) mass is 313 g/mol.